The van der Waals surface area contributed by atoms with E-state index < -0.39 is 10.8 Å². The highest BCUT2D eigenvalue weighted by atomic mass is 35.5. The maximum Gasteiger partial charge on any atom is 0.233 e. The second kappa shape index (κ2) is 8.64. The summed E-state index contributed by atoms with van der Waals surface area (Å²) >= 11 is 6.16. The minimum Gasteiger partial charge on any atom is -0.467 e. The predicted octanol–water partition coefficient (Wildman–Crippen LogP) is 3.65. The summed E-state index contributed by atoms with van der Waals surface area (Å²) in [6, 6.07) is 11.7. The molecule has 0 spiro atoms. The fourth-order valence-corrected chi connectivity index (χ4v) is 5.18. The number of nitrogens with one attached hydrogen (secondary N) is 1. The van der Waals surface area contributed by atoms with Gasteiger partial charge in [-0.2, -0.15) is 0 Å². The third-order valence-corrected chi connectivity index (χ3v) is 6.50. The SMILES string of the molecule is O=C(C[S@@](=O)Cc1cc(Cl)cc2c1OCOC2)N[C@@H]1CCCc2ccccc21. The van der Waals surface area contributed by atoms with Crippen molar-refractivity contribution in [3.8, 4) is 5.75 Å². The normalized spacial score (nSPS) is 19.1. The zero-order chi connectivity index (χ0) is 19.5. The Balaban J connectivity index is 1.40. The van der Waals surface area contributed by atoms with Crippen LogP contribution in [0.1, 0.15) is 41.1 Å². The zero-order valence-electron chi connectivity index (χ0n) is 15.4. The van der Waals surface area contributed by atoms with Crippen LogP contribution >= 0.6 is 11.6 Å². The molecule has 0 fully saturated rings. The number of carbonyl (C=O) groups excluding carboxylic acids is 1. The highest BCUT2D eigenvalue weighted by molar-refractivity contribution is 7.84. The Hall–Kier alpha value is -1.89. The van der Waals surface area contributed by atoms with Gasteiger partial charge in [-0.05, 0) is 42.5 Å². The summed E-state index contributed by atoms with van der Waals surface area (Å²) < 4.78 is 23.5. The van der Waals surface area contributed by atoms with Gasteiger partial charge in [-0.3, -0.25) is 9.00 Å². The number of halogens is 1. The molecule has 7 heteroatoms. The van der Waals surface area contributed by atoms with E-state index in [4.69, 9.17) is 21.1 Å². The smallest absolute Gasteiger partial charge is 0.233 e. The van der Waals surface area contributed by atoms with E-state index in [0.717, 1.165) is 30.4 Å². The Labute approximate surface area is 171 Å². The molecule has 0 saturated heterocycles. The van der Waals surface area contributed by atoms with Crippen LogP contribution in [0, 0.1) is 0 Å². The third-order valence-electron chi connectivity index (χ3n) is 5.06. The van der Waals surface area contributed by atoms with E-state index in [1.165, 1.54) is 11.1 Å². The minimum absolute atomic E-state index is 0.00568. The molecule has 148 valence electrons. The van der Waals surface area contributed by atoms with Gasteiger partial charge in [0, 0.05) is 26.9 Å². The minimum atomic E-state index is -1.36. The van der Waals surface area contributed by atoms with E-state index >= 15 is 0 Å². The molecule has 1 amide bonds. The van der Waals surface area contributed by atoms with Crippen LogP contribution in [-0.2, 0) is 39.1 Å². The highest BCUT2D eigenvalue weighted by Gasteiger charge is 2.23. The lowest BCUT2D eigenvalue weighted by Crippen LogP contribution is -2.34. The number of ether oxygens (including phenoxy) is 2. The van der Waals surface area contributed by atoms with Gasteiger partial charge < -0.3 is 14.8 Å². The van der Waals surface area contributed by atoms with Gasteiger partial charge in [0.25, 0.3) is 0 Å². The van der Waals surface area contributed by atoms with Crippen LogP contribution in [0.3, 0.4) is 0 Å². The number of rotatable bonds is 5. The average Bonchev–Trinajstić information content (AvgIpc) is 2.68. The molecular weight excluding hydrogens is 398 g/mol. The monoisotopic (exact) mass is 419 g/mol. The van der Waals surface area contributed by atoms with Crippen LogP contribution in [0.4, 0.5) is 0 Å². The molecule has 0 saturated carbocycles. The van der Waals surface area contributed by atoms with E-state index in [9.17, 15) is 9.00 Å². The fourth-order valence-electron chi connectivity index (χ4n) is 3.87. The lowest BCUT2D eigenvalue weighted by Gasteiger charge is -2.26. The Morgan fingerprint density at radius 1 is 1.25 bits per heavy atom. The molecule has 2 aliphatic rings. The quantitative estimate of drug-likeness (QED) is 0.803. The van der Waals surface area contributed by atoms with Gasteiger partial charge in [0.1, 0.15) is 11.5 Å². The van der Waals surface area contributed by atoms with Crippen LogP contribution in [0.25, 0.3) is 0 Å². The van der Waals surface area contributed by atoms with Crippen molar-refractivity contribution in [3.63, 3.8) is 0 Å². The Morgan fingerprint density at radius 2 is 2.11 bits per heavy atom. The van der Waals surface area contributed by atoms with Crippen molar-refractivity contribution in [2.75, 3.05) is 12.5 Å². The van der Waals surface area contributed by atoms with Gasteiger partial charge in [0.05, 0.1) is 18.4 Å². The number of fused-ring (bicyclic) bond motifs is 2. The number of benzene rings is 2. The summed E-state index contributed by atoms with van der Waals surface area (Å²) in [6.45, 7) is 0.576. The van der Waals surface area contributed by atoms with Crippen LogP contribution in [0.15, 0.2) is 36.4 Å². The van der Waals surface area contributed by atoms with E-state index in [-0.39, 0.29) is 30.2 Å². The number of amides is 1. The molecule has 0 unspecified atom stereocenters. The van der Waals surface area contributed by atoms with Gasteiger partial charge >= 0.3 is 0 Å². The second-order valence-electron chi connectivity index (χ2n) is 7.10. The van der Waals surface area contributed by atoms with Crippen molar-refractivity contribution in [1.82, 2.24) is 5.32 Å². The number of aryl methyl sites for hydroxylation is 1. The Morgan fingerprint density at radius 3 is 3.00 bits per heavy atom. The van der Waals surface area contributed by atoms with Crippen LogP contribution in [0.2, 0.25) is 5.02 Å². The second-order valence-corrected chi connectivity index (χ2v) is 9.00. The molecular formula is C21H22ClNO4S. The molecule has 1 aliphatic heterocycles. The maximum atomic E-state index is 12.6. The van der Waals surface area contributed by atoms with E-state index in [2.05, 4.69) is 17.4 Å². The fraction of sp³-hybridized carbons (Fsp3) is 0.381. The molecule has 5 nitrogen and oxygen atoms in total. The zero-order valence-corrected chi connectivity index (χ0v) is 17.0. The topological polar surface area (TPSA) is 64.6 Å². The Kier molecular flexibility index (Phi) is 5.99. The predicted molar refractivity (Wildman–Crippen MR) is 109 cm³/mol. The van der Waals surface area contributed by atoms with Crippen LogP contribution in [0.5, 0.6) is 5.75 Å². The number of hydrogen-bond acceptors (Lipinski definition) is 4. The first-order valence-corrected chi connectivity index (χ1v) is 11.2. The van der Waals surface area contributed by atoms with E-state index in [1.807, 2.05) is 12.1 Å². The standard InChI is InChI=1S/C21H22ClNO4S/c22-17-8-15-10-26-13-27-21(15)16(9-17)11-28(25)12-20(24)23-19-7-3-5-14-4-1-2-6-18(14)19/h1-2,4,6,8-9,19H,3,5,7,10-13H2,(H,23,24)/t19-,28+/m1/s1. The average molecular weight is 420 g/mol. The first kappa shape index (κ1) is 19.4. The van der Waals surface area contributed by atoms with Gasteiger partial charge in [-0.15, -0.1) is 0 Å². The van der Waals surface area contributed by atoms with Crippen molar-refractivity contribution in [3.05, 3.63) is 63.7 Å². The molecule has 0 bridgehead atoms. The summed E-state index contributed by atoms with van der Waals surface area (Å²) in [4.78, 5) is 12.5. The van der Waals surface area contributed by atoms with E-state index in [1.54, 1.807) is 12.1 Å². The summed E-state index contributed by atoms with van der Waals surface area (Å²) in [6.07, 6.45) is 2.99. The molecule has 2 aromatic carbocycles. The summed E-state index contributed by atoms with van der Waals surface area (Å²) in [5, 5.41) is 3.60. The molecule has 0 radical (unpaired) electrons. The Bertz CT molecular complexity index is 917. The summed E-state index contributed by atoms with van der Waals surface area (Å²) in [7, 11) is -1.36. The van der Waals surface area contributed by atoms with Crippen molar-refractivity contribution < 1.29 is 18.5 Å². The van der Waals surface area contributed by atoms with Gasteiger partial charge in [0.2, 0.25) is 5.91 Å². The first-order valence-electron chi connectivity index (χ1n) is 9.34. The molecule has 1 N–H and O–H groups in total. The highest BCUT2D eigenvalue weighted by Crippen LogP contribution is 2.33. The summed E-state index contributed by atoms with van der Waals surface area (Å²) in [5.41, 5.74) is 4.05. The van der Waals surface area contributed by atoms with Gasteiger partial charge in [0.15, 0.2) is 6.79 Å². The lowest BCUT2D eigenvalue weighted by atomic mass is 9.88. The van der Waals surface area contributed by atoms with Crippen LogP contribution in [-0.4, -0.2) is 22.7 Å². The first-order chi connectivity index (χ1) is 13.6. The van der Waals surface area contributed by atoms with Crippen molar-refractivity contribution in [2.24, 2.45) is 0 Å². The van der Waals surface area contributed by atoms with Gasteiger partial charge in [-0.25, -0.2) is 0 Å². The number of carbonyl (C=O) groups is 1. The molecule has 1 aliphatic carbocycles. The number of hydrogen-bond donors (Lipinski definition) is 1. The summed E-state index contributed by atoms with van der Waals surface area (Å²) in [5.74, 6) is 0.652. The molecule has 4 rings (SSSR count). The largest absolute Gasteiger partial charge is 0.467 e. The van der Waals surface area contributed by atoms with Crippen LogP contribution < -0.4 is 10.1 Å². The maximum absolute atomic E-state index is 12.6. The van der Waals surface area contributed by atoms with Crippen molar-refractivity contribution >= 4 is 28.3 Å². The molecule has 28 heavy (non-hydrogen) atoms. The molecule has 2 atom stereocenters. The third kappa shape index (κ3) is 4.40. The molecule has 2 aromatic rings. The molecule has 1 heterocycles. The lowest BCUT2D eigenvalue weighted by molar-refractivity contribution is -0.119. The van der Waals surface area contributed by atoms with E-state index in [0.29, 0.717) is 17.4 Å². The van der Waals surface area contributed by atoms with Crippen molar-refractivity contribution in [1.29, 1.82) is 0 Å². The van der Waals surface area contributed by atoms with Gasteiger partial charge in [-0.1, -0.05) is 35.9 Å². The van der Waals surface area contributed by atoms with Crippen molar-refractivity contribution in [2.45, 2.75) is 37.7 Å². The molecule has 0 aromatic heterocycles.